The molecule has 3 N–H and O–H groups in total. The van der Waals surface area contributed by atoms with Crippen molar-refractivity contribution in [3.63, 3.8) is 0 Å². The molecule has 1 aromatic carbocycles. The molecule has 0 unspecified atom stereocenters. The molecule has 0 atom stereocenters. The van der Waals surface area contributed by atoms with Gasteiger partial charge in [-0.3, -0.25) is 4.79 Å². The van der Waals surface area contributed by atoms with Crippen LogP contribution >= 0.6 is 35.7 Å². The van der Waals surface area contributed by atoms with E-state index in [1.807, 2.05) is 13.2 Å². The summed E-state index contributed by atoms with van der Waals surface area (Å²) in [5.74, 6) is 1.30. The van der Waals surface area contributed by atoms with Crippen LogP contribution in [-0.4, -0.2) is 37.3 Å². The molecule has 0 aromatic heterocycles. The van der Waals surface area contributed by atoms with Gasteiger partial charge < -0.3 is 16.0 Å². The number of halogens is 2. The molecule has 0 bridgehead atoms. The highest BCUT2D eigenvalue weighted by Crippen LogP contribution is 2.18. The van der Waals surface area contributed by atoms with E-state index in [4.69, 9.17) is 0 Å². The lowest BCUT2D eigenvalue weighted by molar-refractivity contribution is -0.121. The Balaban J connectivity index is 0.00000392. The van der Waals surface area contributed by atoms with E-state index in [0.29, 0.717) is 31.5 Å². The predicted molar refractivity (Wildman–Crippen MR) is 127 cm³/mol. The Labute approximate surface area is 189 Å². The molecule has 1 aromatic rings. The minimum atomic E-state index is -0.218. The Morgan fingerprint density at radius 3 is 2.68 bits per heavy atom. The number of carbonyl (C=O) groups excluding carboxylic acids is 1. The van der Waals surface area contributed by atoms with Crippen LogP contribution < -0.4 is 16.0 Å². The van der Waals surface area contributed by atoms with Crippen LogP contribution in [0, 0.1) is 5.82 Å². The van der Waals surface area contributed by atoms with E-state index in [9.17, 15) is 9.18 Å². The molecule has 8 heteroatoms. The van der Waals surface area contributed by atoms with Gasteiger partial charge in [-0.25, -0.2) is 9.38 Å². The number of guanidine groups is 1. The SMILES string of the molecule is CCNC(=NCc1ccc(F)cc1CSC)NCCC(=O)NC1CCCC1.I. The fourth-order valence-electron chi connectivity index (χ4n) is 3.21. The fourth-order valence-corrected chi connectivity index (χ4v) is 3.79. The molecule has 1 aliphatic carbocycles. The average molecular weight is 522 g/mol. The topological polar surface area (TPSA) is 65.5 Å². The van der Waals surface area contributed by atoms with Crippen molar-refractivity contribution in [1.82, 2.24) is 16.0 Å². The highest BCUT2D eigenvalue weighted by Gasteiger charge is 2.16. The van der Waals surface area contributed by atoms with Gasteiger partial charge in [0.2, 0.25) is 5.91 Å². The molecule has 28 heavy (non-hydrogen) atoms. The first-order valence-corrected chi connectivity index (χ1v) is 11.1. The summed E-state index contributed by atoms with van der Waals surface area (Å²) >= 11 is 1.66. The van der Waals surface area contributed by atoms with Crippen LogP contribution in [0.3, 0.4) is 0 Å². The quantitative estimate of drug-likeness (QED) is 0.262. The minimum absolute atomic E-state index is 0. The van der Waals surface area contributed by atoms with Crippen molar-refractivity contribution in [3.8, 4) is 0 Å². The normalized spacial score (nSPS) is 14.5. The molecule has 1 aliphatic rings. The van der Waals surface area contributed by atoms with Crippen LogP contribution in [0.4, 0.5) is 4.39 Å². The zero-order chi connectivity index (χ0) is 19.5. The second-order valence-corrected chi connectivity index (χ2v) is 7.63. The predicted octanol–water partition coefficient (Wildman–Crippen LogP) is 3.81. The summed E-state index contributed by atoms with van der Waals surface area (Å²) in [6.07, 6.45) is 7.04. The Bertz CT molecular complexity index is 639. The lowest BCUT2D eigenvalue weighted by Crippen LogP contribution is -2.40. The van der Waals surface area contributed by atoms with Gasteiger partial charge in [-0.2, -0.15) is 11.8 Å². The van der Waals surface area contributed by atoms with Gasteiger partial charge in [-0.05, 0) is 49.3 Å². The lowest BCUT2D eigenvalue weighted by Gasteiger charge is -2.14. The number of hydrogen-bond acceptors (Lipinski definition) is 3. The number of carbonyl (C=O) groups is 1. The van der Waals surface area contributed by atoms with Crippen molar-refractivity contribution < 1.29 is 9.18 Å². The van der Waals surface area contributed by atoms with Gasteiger partial charge >= 0.3 is 0 Å². The smallest absolute Gasteiger partial charge is 0.221 e. The van der Waals surface area contributed by atoms with E-state index in [-0.39, 0.29) is 35.7 Å². The summed E-state index contributed by atoms with van der Waals surface area (Å²) in [5, 5.41) is 9.49. The highest BCUT2D eigenvalue weighted by atomic mass is 127. The first-order valence-electron chi connectivity index (χ1n) is 9.70. The van der Waals surface area contributed by atoms with Gasteiger partial charge in [0, 0.05) is 31.3 Å². The Hall–Kier alpha value is -1.03. The van der Waals surface area contributed by atoms with E-state index in [0.717, 1.165) is 36.3 Å². The van der Waals surface area contributed by atoms with Crippen molar-refractivity contribution in [2.24, 2.45) is 4.99 Å². The van der Waals surface area contributed by atoms with Crippen molar-refractivity contribution >= 4 is 47.6 Å². The number of rotatable bonds is 9. The summed E-state index contributed by atoms with van der Waals surface area (Å²) in [6.45, 7) is 3.74. The number of nitrogens with zero attached hydrogens (tertiary/aromatic N) is 1. The van der Waals surface area contributed by atoms with E-state index >= 15 is 0 Å². The number of nitrogens with one attached hydrogen (secondary N) is 3. The number of thioether (sulfide) groups is 1. The van der Waals surface area contributed by atoms with Crippen molar-refractivity contribution in [2.45, 2.75) is 57.4 Å². The standard InChI is InChI=1S/C20H31FN4OS.HI/c1-3-22-20(23-11-10-19(26)25-18-6-4-5-7-18)24-13-15-8-9-17(21)12-16(15)14-27-2;/h8-9,12,18H,3-7,10-11,13-14H2,1-2H3,(H,25,26)(H2,22,23,24);1H. The Morgan fingerprint density at radius 2 is 2.00 bits per heavy atom. The van der Waals surface area contributed by atoms with E-state index < -0.39 is 0 Å². The average Bonchev–Trinajstić information content (AvgIpc) is 3.14. The molecular formula is C20H32FIN4OS. The third-order valence-corrected chi connectivity index (χ3v) is 5.18. The van der Waals surface area contributed by atoms with Gasteiger partial charge in [-0.15, -0.1) is 24.0 Å². The van der Waals surface area contributed by atoms with E-state index in [1.165, 1.54) is 18.9 Å². The fraction of sp³-hybridized carbons (Fsp3) is 0.600. The third-order valence-electron chi connectivity index (χ3n) is 4.58. The number of benzene rings is 1. The van der Waals surface area contributed by atoms with Crippen molar-refractivity contribution in [1.29, 1.82) is 0 Å². The van der Waals surface area contributed by atoms with Crippen LogP contribution in [-0.2, 0) is 17.1 Å². The summed E-state index contributed by atoms with van der Waals surface area (Å²) in [4.78, 5) is 16.6. The minimum Gasteiger partial charge on any atom is -0.357 e. The number of hydrogen-bond donors (Lipinski definition) is 3. The maximum Gasteiger partial charge on any atom is 0.221 e. The van der Waals surface area contributed by atoms with E-state index in [1.54, 1.807) is 23.9 Å². The molecule has 158 valence electrons. The monoisotopic (exact) mass is 522 g/mol. The zero-order valence-corrected chi connectivity index (χ0v) is 19.9. The summed E-state index contributed by atoms with van der Waals surface area (Å²) in [6, 6.07) is 5.20. The van der Waals surface area contributed by atoms with Crippen LogP contribution in [0.1, 0.15) is 50.2 Å². The van der Waals surface area contributed by atoms with Gasteiger partial charge in [0.15, 0.2) is 5.96 Å². The second kappa shape index (κ2) is 14.0. The maximum atomic E-state index is 13.5. The van der Waals surface area contributed by atoms with Gasteiger partial charge in [0.1, 0.15) is 5.82 Å². The molecule has 0 aliphatic heterocycles. The maximum absolute atomic E-state index is 13.5. The van der Waals surface area contributed by atoms with Gasteiger partial charge in [0.25, 0.3) is 0 Å². The molecule has 0 saturated heterocycles. The number of aliphatic imine (C=N–C) groups is 1. The first-order chi connectivity index (χ1) is 13.1. The molecule has 5 nitrogen and oxygen atoms in total. The molecule has 0 radical (unpaired) electrons. The largest absolute Gasteiger partial charge is 0.357 e. The molecule has 0 spiro atoms. The van der Waals surface area contributed by atoms with Crippen LogP contribution in [0.2, 0.25) is 0 Å². The van der Waals surface area contributed by atoms with Crippen molar-refractivity contribution in [3.05, 3.63) is 35.1 Å². The zero-order valence-electron chi connectivity index (χ0n) is 16.7. The second-order valence-electron chi connectivity index (χ2n) is 6.77. The molecule has 2 rings (SSSR count). The molecule has 1 fully saturated rings. The van der Waals surface area contributed by atoms with Crippen LogP contribution in [0.15, 0.2) is 23.2 Å². The molecule has 0 heterocycles. The highest BCUT2D eigenvalue weighted by molar-refractivity contribution is 14.0. The Kier molecular flexibility index (Phi) is 12.5. The van der Waals surface area contributed by atoms with Crippen molar-refractivity contribution in [2.75, 3.05) is 19.3 Å². The van der Waals surface area contributed by atoms with E-state index in [2.05, 4.69) is 20.9 Å². The molecule has 1 saturated carbocycles. The van der Waals surface area contributed by atoms with Crippen LogP contribution in [0.25, 0.3) is 0 Å². The third kappa shape index (κ3) is 8.98. The lowest BCUT2D eigenvalue weighted by atomic mass is 10.1. The number of amides is 1. The van der Waals surface area contributed by atoms with Gasteiger partial charge in [0.05, 0.1) is 6.54 Å². The first kappa shape index (κ1) is 25.0. The molecule has 1 amide bonds. The van der Waals surface area contributed by atoms with Crippen LogP contribution in [0.5, 0.6) is 0 Å². The molecular weight excluding hydrogens is 490 g/mol. The summed E-state index contributed by atoms with van der Waals surface area (Å²) < 4.78 is 13.5. The Morgan fingerprint density at radius 1 is 1.25 bits per heavy atom. The summed E-state index contributed by atoms with van der Waals surface area (Å²) in [5.41, 5.74) is 1.99. The summed E-state index contributed by atoms with van der Waals surface area (Å²) in [7, 11) is 0. The van der Waals surface area contributed by atoms with Gasteiger partial charge in [-0.1, -0.05) is 18.9 Å².